The predicted molar refractivity (Wildman–Crippen MR) is 60.4 cm³/mol. The number of carbonyl (C=O) groups is 2. The van der Waals surface area contributed by atoms with E-state index < -0.39 is 11.9 Å². The summed E-state index contributed by atoms with van der Waals surface area (Å²) in [5, 5.41) is 16.9. The van der Waals surface area contributed by atoms with Gasteiger partial charge in [-0.3, -0.25) is 0 Å². The van der Waals surface area contributed by atoms with E-state index in [1.165, 1.54) is 37.1 Å². The van der Waals surface area contributed by atoms with E-state index in [0.29, 0.717) is 0 Å². The van der Waals surface area contributed by atoms with E-state index in [1.54, 1.807) is 0 Å². The van der Waals surface area contributed by atoms with E-state index in [1.807, 2.05) is 0 Å². The van der Waals surface area contributed by atoms with Crippen LogP contribution in [0.15, 0.2) is 24.3 Å². The first-order valence-electron chi connectivity index (χ1n) is 5.25. The third kappa shape index (κ3) is 4.65. The highest BCUT2D eigenvalue weighted by Crippen LogP contribution is 2.03. The summed E-state index contributed by atoms with van der Waals surface area (Å²) in [6.45, 7) is 2.00. The minimum Gasteiger partial charge on any atom is -0.478 e. The number of benzene rings is 1. The molecule has 5 heteroatoms. The van der Waals surface area contributed by atoms with Crippen molar-refractivity contribution in [1.82, 2.24) is 0 Å². The van der Waals surface area contributed by atoms with Crippen LogP contribution in [0.4, 0.5) is 0 Å². The van der Waals surface area contributed by atoms with Crippen LogP contribution >= 0.6 is 0 Å². The maximum absolute atomic E-state index is 10.3. The zero-order valence-electron chi connectivity index (χ0n) is 9.26. The van der Waals surface area contributed by atoms with Crippen molar-refractivity contribution in [2.24, 2.45) is 0 Å². The molecule has 0 aromatic heterocycles. The molecule has 1 aromatic rings. The molecular weight excluding hydrogens is 224 g/mol. The molecule has 0 spiro atoms. The molecule has 0 bridgehead atoms. The lowest BCUT2D eigenvalue weighted by atomic mass is 10.1. The second-order valence-corrected chi connectivity index (χ2v) is 3.51. The van der Waals surface area contributed by atoms with Gasteiger partial charge in [-0.25, -0.2) is 9.59 Å². The van der Waals surface area contributed by atoms with Crippen molar-refractivity contribution in [2.45, 2.75) is 12.8 Å². The van der Waals surface area contributed by atoms with Crippen LogP contribution in [-0.2, 0) is 4.74 Å². The lowest BCUT2D eigenvalue weighted by Crippen LogP contribution is -1.99. The minimum absolute atomic E-state index is 0.0833. The quantitative estimate of drug-likeness (QED) is 0.821. The smallest absolute Gasteiger partial charge is 0.335 e. The first-order valence-corrected chi connectivity index (χ1v) is 5.25. The minimum atomic E-state index is -1.06. The summed E-state index contributed by atoms with van der Waals surface area (Å²) in [5.74, 6) is -2.13. The highest BCUT2D eigenvalue weighted by Gasteiger charge is 2.04. The van der Waals surface area contributed by atoms with Crippen LogP contribution in [0.1, 0.15) is 33.6 Å². The first kappa shape index (κ1) is 13.2. The number of ether oxygens (including phenoxy) is 1. The number of rotatable bonds is 2. The van der Waals surface area contributed by atoms with E-state index in [-0.39, 0.29) is 11.1 Å². The average molecular weight is 238 g/mol. The van der Waals surface area contributed by atoms with E-state index >= 15 is 0 Å². The monoisotopic (exact) mass is 238 g/mol. The Morgan fingerprint density at radius 3 is 1.41 bits per heavy atom. The van der Waals surface area contributed by atoms with Gasteiger partial charge in [-0.1, -0.05) is 0 Å². The molecule has 1 aromatic carbocycles. The molecule has 5 nitrogen and oxygen atoms in total. The van der Waals surface area contributed by atoms with Crippen LogP contribution in [0.2, 0.25) is 0 Å². The Bertz CT molecular complexity index is 338. The molecule has 92 valence electrons. The van der Waals surface area contributed by atoms with E-state index in [9.17, 15) is 9.59 Å². The summed E-state index contributed by atoms with van der Waals surface area (Å²) in [6.07, 6.45) is 2.56. The molecular formula is C12H14O5. The van der Waals surface area contributed by atoms with Gasteiger partial charge in [-0.2, -0.15) is 0 Å². The van der Waals surface area contributed by atoms with Crippen LogP contribution in [0.25, 0.3) is 0 Å². The molecule has 0 amide bonds. The van der Waals surface area contributed by atoms with Crippen molar-refractivity contribution < 1.29 is 24.5 Å². The van der Waals surface area contributed by atoms with Crippen molar-refractivity contribution in [3.8, 4) is 0 Å². The Morgan fingerprint density at radius 1 is 0.882 bits per heavy atom. The number of hydrogen-bond donors (Lipinski definition) is 2. The zero-order chi connectivity index (χ0) is 12.7. The van der Waals surface area contributed by atoms with Crippen LogP contribution in [0, 0.1) is 0 Å². The van der Waals surface area contributed by atoms with Gasteiger partial charge in [0.25, 0.3) is 0 Å². The summed E-state index contributed by atoms with van der Waals surface area (Å²) in [4.78, 5) is 20.7. The summed E-state index contributed by atoms with van der Waals surface area (Å²) < 4.78 is 4.94. The largest absolute Gasteiger partial charge is 0.478 e. The highest BCUT2D eigenvalue weighted by atomic mass is 16.5. The van der Waals surface area contributed by atoms with Gasteiger partial charge in [-0.05, 0) is 37.1 Å². The van der Waals surface area contributed by atoms with Crippen LogP contribution in [0.5, 0.6) is 0 Å². The Balaban J connectivity index is 0.000000239. The SMILES string of the molecule is C1CCOC1.O=C(O)c1ccc(C(=O)O)cc1. The molecule has 2 N–H and O–H groups in total. The van der Waals surface area contributed by atoms with E-state index in [2.05, 4.69) is 0 Å². The molecule has 0 saturated carbocycles. The van der Waals surface area contributed by atoms with Crippen LogP contribution < -0.4 is 0 Å². The molecule has 0 unspecified atom stereocenters. The van der Waals surface area contributed by atoms with Crippen molar-refractivity contribution >= 4 is 11.9 Å². The first-order chi connectivity index (χ1) is 8.11. The highest BCUT2D eigenvalue weighted by molar-refractivity contribution is 5.91. The molecule has 1 fully saturated rings. The number of carboxylic acids is 2. The third-order valence-electron chi connectivity index (χ3n) is 2.21. The van der Waals surface area contributed by atoms with Gasteiger partial charge in [-0.15, -0.1) is 0 Å². The van der Waals surface area contributed by atoms with E-state index in [0.717, 1.165) is 13.2 Å². The van der Waals surface area contributed by atoms with Gasteiger partial charge in [0.15, 0.2) is 0 Å². The fraction of sp³-hybridized carbons (Fsp3) is 0.333. The lowest BCUT2D eigenvalue weighted by Gasteiger charge is -1.94. The lowest BCUT2D eigenvalue weighted by molar-refractivity contribution is 0.0681. The van der Waals surface area contributed by atoms with Gasteiger partial charge >= 0.3 is 11.9 Å². The van der Waals surface area contributed by atoms with Crippen molar-refractivity contribution in [3.63, 3.8) is 0 Å². The second-order valence-electron chi connectivity index (χ2n) is 3.51. The Kier molecular flexibility index (Phi) is 5.16. The van der Waals surface area contributed by atoms with Crippen LogP contribution in [-0.4, -0.2) is 35.4 Å². The van der Waals surface area contributed by atoms with Gasteiger partial charge in [0.2, 0.25) is 0 Å². The fourth-order valence-electron chi connectivity index (χ4n) is 1.27. The zero-order valence-corrected chi connectivity index (χ0v) is 9.26. The van der Waals surface area contributed by atoms with Gasteiger partial charge in [0.05, 0.1) is 11.1 Å². The maximum atomic E-state index is 10.3. The van der Waals surface area contributed by atoms with Gasteiger partial charge in [0, 0.05) is 13.2 Å². The van der Waals surface area contributed by atoms with E-state index in [4.69, 9.17) is 14.9 Å². The summed E-state index contributed by atoms with van der Waals surface area (Å²) in [7, 11) is 0. The Hall–Kier alpha value is -1.88. The Labute approximate surface area is 98.6 Å². The molecule has 1 aliphatic heterocycles. The van der Waals surface area contributed by atoms with Crippen LogP contribution in [0.3, 0.4) is 0 Å². The molecule has 1 aliphatic rings. The molecule has 17 heavy (non-hydrogen) atoms. The van der Waals surface area contributed by atoms with Crippen molar-refractivity contribution in [2.75, 3.05) is 13.2 Å². The molecule has 0 radical (unpaired) electrons. The average Bonchev–Trinajstić information content (AvgIpc) is 2.87. The molecule has 1 heterocycles. The van der Waals surface area contributed by atoms with Gasteiger partial charge in [0.1, 0.15) is 0 Å². The van der Waals surface area contributed by atoms with Crippen molar-refractivity contribution in [3.05, 3.63) is 35.4 Å². The fourth-order valence-corrected chi connectivity index (χ4v) is 1.27. The summed E-state index contributed by atoms with van der Waals surface area (Å²) >= 11 is 0. The molecule has 0 atom stereocenters. The maximum Gasteiger partial charge on any atom is 0.335 e. The van der Waals surface area contributed by atoms with Gasteiger partial charge < -0.3 is 14.9 Å². The molecule has 0 aliphatic carbocycles. The third-order valence-corrected chi connectivity index (χ3v) is 2.21. The Morgan fingerprint density at radius 2 is 1.24 bits per heavy atom. The normalized spacial score (nSPS) is 13.6. The number of hydrogen-bond acceptors (Lipinski definition) is 3. The summed E-state index contributed by atoms with van der Waals surface area (Å²) in [6, 6.07) is 5.02. The molecule has 1 saturated heterocycles. The number of carboxylic acid groups (broad SMARTS) is 2. The van der Waals surface area contributed by atoms with Crippen molar-refractivity contribution in [1.29, 1.82) is 0 Å². The summed E-state index contributed by atoms with van der Waals surface area (Å²) in [5.41, 5.74) is 0.167. The topological polar surface area (TPSA) is 83.8 Å². The predicted octanol–water partition coefficient (Wildman–Crippen LogP) is 1.88. The second kappa shape index (κ2) is 6.65. The number of aromatic carboxylic acids is 2. The molecule has 2 rings (SSSR count). The standard InChI is InChI=1S/C8H6O4.C4H8O/c9-7(10)5-1-2-6(4-3-5)8(11)12;1-2-4-5-3-1/h1-4H,(H,9,10)(H,11,12);1-4H2.